The maximum absolute atomic E-state index is 13.0. The summed E-state index contributed by atoms with van der Waals surface area (Å²) in [6.45, 7) is 14.6. The van der Waals surface area contributed by atoms with Gasteiger partial charge in [0.15, 0.2) is 0 Å². The molecule has 2 aromatic carbocycles. The summed E-state index contributed by atoms with van der Waals surface area (Å²) < 4.78 is 12.7. The van der Waals surface area contributed by atoms with Crippen LogP contribution < -0.4 is 10.4 Å². The molecule has 0 aliphatic carbocycles. The molecule has 1 aliphatic heterocycles. The maximum atomic E-state index is 13.0. The molecule has 2 aromatic rings. The summed E-state index contributed by atoms with van der Waals surface area (Å²) in [7, 11) is -2.73. The topological polar surface area (TPSA) is 59.0 Å². The number of β-amino-alcohol motifs (C(OH)–C–C–N with tert-alkyl or cyclic N) is 1. The molecular formula is C27H39NO4Si. The number of aliphatic hydroxyl groups is 1. The van der Waals surface area contributed by atoms with Gasteiger partial charge in [-0.15, -0.1) is 0 Å². The van der Waals surface area contributed by atoms with E-state index in [0.29, 0.717) is 13.0 Å². The zero-order valence-electron chi connectivity index (χ0n) is 21.1. The number of carbonyl (C=O) groups is 1. The third kappa shape index (κ3) is 5.68. The van der Waals surface area contributed by atoms with E-state index >= 15 is 0 Å². The Labute approximate surface area is 199 Å². The number of hydrogen-bond donors (Lipinski definition) is 1. The number of ether oxygens (including phenoxy) is 1. The monoisotopic (exact) mass is 469 g/mol. The van der Waals surface area contributed by atoms with Crippen LogP contribution in [0.15, 0.2) is 60.7 Å². The first-order valence-electron chi connectivity index (χ1n) is 11.7. The summed E-state index contributed by atoms with van der Waals surface area (Å²) in [5.41, 5.74) is -1.58. The summed E-state index contributed by atoms with van der Waals surface area (Å²) in [6, 6.07) is 20.6. The Hall–Kier alpha value is -2.15. The fourth-order valence-electron chi connectivity index (χ4n) is 4.84. The third-order valence-corrected chi connectivity index (χ3v) is 11.2. The van der Waals surface area contributed by atoms with Gasteiger partial charge in [-0.2, -0.15) is 0 Å². The number of hydrogen-bond acceptors (Lipinski definition) is 4. The average molecular weight is 470 g/mol. The number of nitrogens with zero attached hydrogens (tertiary/aromatic N) is 1. The van der Waals surface area contributed by atoms with Gasteiger partial charge in [0.25, 0.3) is 8.32 Å². The van der Waals surface area contributed by atoms with Crippen LogP contribution in [0.4, 0.5) is 4.79 Å². The molecule has 2 atom stereocenters. The highest BCUT2D eigenvalue weighted by Crippen LogP contribution is 2.38. The predicted octanol–water partition coefficient (Wildman–Crippen LogP) is 4.32. The molecule has 1 saturated heterocycles. The Bertz CT molecular complexity index is 893. The summed E-state index contributed by atoms with van der Waals surface area (Å²) in [5, 5.41) is 13.0. The second-order valence-electron chi connectivity index (χ2n) is 11.4. The van der Waals surface area contributed by atoms with E-state index in [1.54, 1.807) is 11.8 Å². The van der Waals surface area contributed by atoms with Gasteiger partial charge in [-0.3, -0.25) is 4.90 Å². The highest BCUT2D eigenvalue weighted by molar-refractivity contribution is 6.99. The van der Waals surface area contributed by atoms with Crippen molar-refractivity contribution in [2.75, 3.05) is 13.2 Å². The van der Waals surface area contributed by atoms with Gasteiger partial charge in [-0.05, 0) is 43.1 Å². The van der Waals surface area contributed by atoms with E-state index in [1.807, 2.05) is 32.9 Å². The summed E-state index contributed by atoms with van der Waals surface area (Å²) in [5.74, 6) is 0. The minimum Gasteiger partial charge on any atom is -0.444 e. The molecule has 0 bridgehead atoms. The Balaban J connectivity index is 1.99. The lowest BCUT2D eigenvalue weighted by atomic mass is 10.0. The van der Waals surface area contributed by atoms with Crippen LogP contribution in [0.25, 0.3) is 0 Å². The molecular weight excluding hydrogens is 430 g/mol. The van der Waals surface area contributed by atoms with Crippen LogP contribution in [-0.2, 0) is 9.16 Å². The Morgan fingerprint density at radius 3 is 1.91 bits per heavy atom. The molecule has 0 unspecified atom stereocenters. The van der Waals surface area contributed by atoms with Crippen molar-refractivity contribution in [2.24, 2.45) is 0 Å². The highest BCUT2D eigenvalue weighted by atomic mass is 28.4. The fraction of sp³-hybridized carbons (Fsp3) is 0.519. The molecule has 5 nitrogen and oxygen atoms in total. The lowest BCUT2D eigenvalue weighted by Gasteiger charge is -2.44. The maximum Gasteiger partial charge on any atom is 0.410 e. The van der Waals surface area contributed by atoms with Gasteiger partial charge in [0.1, 0.15) is 5.60 Å². The van der Waals surface area contributed by atoms with E-state index in [1.165, 1.54) is 10.4 Å². The molecule has 1 aliphatic rings. The molecule has 1 amide bonds. The van der Waals surface area contributed by atoms with E-state index in [2.05, 4.69) is 69.3 Å². The first kappa shape index (κ1) is 25.5. The van der Waals surface area contributed by atoms with Crippen LogP contribution in [0.1, 0.15) is 54.9 Å². The van der Waals surface area contributed by atoms with Crippen molar-refractivity contribution in [3.05, 3.63) is 60.7 Å². The Kier molecular flexibility index (Phi) is 7.13. The average Bonchev–Trinajstić information content (AvgIpc) is 3.02. The first-order chi connectivity index (χ1) is 15.3. The van der Waals surface area contributed by atoms with E-state index < -0.39 is 25.6 Å². The van der Waals surface area contributed by atoms with Crippen LogP contribution in [0.5, 0.6) is 0 Å². The second-order valence-corrected chi connectivity index (χ2v) is 15.7. The Morgan fingerprint density at radius 2 is 1.48 bits per heavy atom. The summed E-state index contributed by atoms with van der Waals surface area (Å²) >= 11 is 0. The van der Waals surface area contributed by atoms with Gasteiger partial charge in [0.05, 0.1) is 24.8 Å². The standard InChI is InChI=1S/C27H39NO4Si/c1-25(2,3)32-24(29)28-20-27(7,30)18-21(28)19-31-33(26(4,5)6,22-14-10-8-11-15-22)23-16-12-9-13-17-23/h8-17,21,30H,18-20H2,1-7H3/t21-,27+/m1/s1. The van der Waals surface area contributed by atoms with Crippen molar-refractivity contribution in [3.8, 4) is 0 Å². The van der Waals surface area contributed by atoms with Crippen molar-refractivity contribution in [1.82, 2.24) is 4.90 Å². The molecule has 1 heterocycles. The second kappa shape index (κ2) is 9.24. The minimum atomic E-state index is -2.73. The minimum absolute atomic E-state index is 0.159. The van der Waals surface area contributed by atoms with Crippen LogP contribution in [0.2, 0.25) is 5.04 Å². The fourth-order valence-corrected chi connectivity index (χ4v) is 9.44. The molecule has 6 heteroatoms. The molecule has 1 fully saturated rings. The van der Waals surface area contributed by atoms with Gasteiger partial charge < -0.3 is 14.3 Å². The number of benzene rings is 2. The lowest BCUT2D eigenvalue weighted by Crippen LogP contribution is -2.67. The SMILES string of the molecule is CC(C)(C)OC(=O)N1C[C@@](C)(O)C[C@@H]1CO[Si](c1ccccc1)(c1ccccc1)C(C)(C)C. The van der Waals surface area contributed by atoms with Crippen molar-refractivity contribution in [3.63, 3.8) is 0 Å². The van der Waals surface area contributed by atoms with Crippen LogP contribution in [0.3, 0.4) is 0 Å². The molecule has 3 rings (SSSR count). The van der Waals surface area contributed by atoms with E-state index in [4.69, 9.17) is 9.16 Å². The van der Waals surface area contributed by atoms with Gasteiger partial charge >= 0.3 is 6.09 Å². The lowest BCUT2D eigenvalue weighted by molar-refractivity contribution is 0.0127. The quantitative estimate of drug-likeness (QED) is 0.663. The zero-order valence-corrected chi connectivity index (χ0v) is 22.1. The normalized spacial score (nSPS) is 21.8. The van der Waals surface area contributed by atoms with Crippen molar-refractivity contribution in [2.45, 2.75) is 77.2 Å². The smallest absolute Gasteiger partial charge is 0.410 e. The molecule has 180 valence electrons. The van der Waals surface area contributed by atoms with E-state index in [-0.39, 0.29) is 17.6 Å². The van der Waals surface area contributed by atoms with Gasteiger partial charge in [0.2, 0.25) is 0 Å². The number of rotatable bonds is 5. The van der Waals surface area contributed by atoms with E-state index in [0.717, 1.165) is 0 Å². The molecule has 0 radical (unpaired) electrons. The predicted molar refractivity (Wildman–Crippen MR) is 136 cm³/mol. The molecule has 0 aromatic heterocycles. The number of likely N-dealkylation sites (tertiary alicyclic amines) is 1. The van der Waals surface area contributed by atoms with Gasteiger partial charge in [-0.25, -0.2) is 4.79 Å². The molecule has 0 saturated carbocycles. The van der Waals surface area contributed by atoms with Crippen molar-refractivity contribution in [1.29, 1.82) is 0 Å². The Morgan fingerprint density at radius 1 is 1.00 bits per heavy atom. The van der Waals surface area contributed by atoms with Crippen LogP contribution >= 0.6 is 0 Å². The largest absolute Gasteiger partial charge is 0.444 e. The van der Waals surface area contributed by atoms with Crippen LogP contribution in [0, 0.1) is 0 Å². The number of amides is 1. The van der Waals surface area contributed by atoms with Crippen LogP contribution in [-0.4, -0.2) is 54.8 Å². The zero-order chi connectivity index (χ0) is 24.5. The van der Waals surface area contributed by atoms with Gasteiger partial charge in [0, 0.05) is 6.42 Å². The van der Waals surface area contributed by atoms with Crippen molar-refractivity contribution < 1.29 is 19.1 Å². The molecule has 0 spiro atoms. The highest BCUT2D eigenvalue weighted by Gasteiger charge is 2.52. The summed E-state index contributed by atoms with van der Waals surface area (Å²) in [4.78, 5) is 14.6. The third-order valence-electron chi connectivity index (χ3n) is 6.16. The molecule has 1 N–H and O–H groups in total. The van der Waals surface area contributed by atoms with E-state index in [9.17, 15) is 9.90 Å². The van der Waals surface area contributed by atoms with Crippen molar-refractivity contribution >= 4 is 24.8 Å². The number of carbonyl (C=O) groups excluding carboxylic acids is 1. The molecule has 33 heavy (non-hydrogen) atoms. The summed E-state index contributed by atoms with van der Waals surface area (Å²) in [6.07, 6.45) is 0.0427. The first-order valence-corrected chi connectivity index (χ1v) is 13.6. The van der Waals surface area contributed by atoms with Gasteiger partial charge in [-0.1, -0.05) is 81.4 Å².